The molecule has 1 aromatic rings. The number of rotatable bonds is 5. The highest BCUT2D eigenvalue weighted by molar-refractivity contribution is 6.34. The van der Waals surface area contributed by atoms with Crippen molar-refractivity contribution < 1.29 is 9.90 Å². The predicted octanol–water partition coefficient (Wildman–Crippen LogP) is 3.36. The highest BCUT2D eigenvalue weighted by Crippen LogP contribution is 2.30. The number of carbonyl (C=O) groups is 1. The van der Waals surface area contributed by atoms with Gasteiger partial charge in [-0.15, -0.1) is 0 Å². The van der Waals surface area contributed by atoms with E-state index in [9.17, 15) is 9.90 Å². The van der Waals surface area contributed by atoms with E-state index in [1.165, 1.54) is 6.07 Å². The lowest BCUT2D eigenvalue weighted by molar-refractivity contribution is 0.251. The molecule has 1 aromatic carbocycles. The van der Waals surface area contributed by atoms with Crippen LogP contribution in [0.3, 0.4) is 0 Å². The number of aromatic hydroxyl groups is 1. The van der Waals surface area contributed by atoms with Gasteiger partial charge < -0.3 is 15.7 Å². The molecule has 0 aliphatic carbocycles. The Kier molecular flexibility index (Phi) is 5.63. The molecular formula is C12H17ClN2O2. The van der Waals surface area contributed by atoms with E-state index in [4.69, 9.17) is 11.6 Å². The van der Waals surface area contributed by atoms with Crippen LogP contribution in [-0.2, 0) is 0 Å². The van der Waals surface area contributed by atoms with Gasteiger partial charge in [0, 0.05) is 6.54 Å². The van der Waals surface area contributed by atoms with Crippen molar-refractivity contribution in [1.29, 1.82) is 0 Å². The summed E-state index contributed by atoms with van der Waals surface area (Å²) in [5.74, 6) is -0.0405. The monoisotopic (exact) mass is 256 g/mol. The Labute approximate surface area is 106 Å². The Morgan fingerprint density at radius 2 is 2.18 bits per heavy atom. The third-order valence-electron chi connectivity index (χ3n) is 2.30. The SMILES string of the molecule is CCCCCNC(=O)Nc1c(O)cccc1Cl. The molecule has 17 heavy (non-hydrogen) atoms. The van der Waals surface area contributed by atoms with Gasteiger partial charge in [0.05, 0.1) is 5.02 Å². The molecule has 94 valence electrons. The van der Waals surface area contributed by atoms with Crippen LogP contribution in [0.4, 0.5) is 10.5 Å². The van der Waals surface area contributed by atoms with Gasteiger partial charge in [0.2, 0.25) is 0 Å². The van der Waals surface area contributed by atoms with Crippen molar-refractivity contribution in [3.63, 3.8) is 0 Å². The fourth-order valence-electron chi connectivity index (χ4n) is 1.37. The summed E-state index contributed by atoms with van der Waals surface area (Å²) < 4.78 is 0. The van der Waals surface area contributed by atoms with Gasteiger partial charge in [-0.1, -0.05) is 37.4 Å². The van der Waals surface area contributed by atoms with E-state index in [0.717, 1.165) is 19.3 Å². The van der Waals surface area contributed by atoms with Crippen LogP contribution in [0.25, 0.3) is 0 Å². The van der Waals surface area contributed by atoms with E-state index in [-0.39, 0.29) is 17.5 Å². The number of hydrogen-bond acceptors (Lipinski definition) is 2. The zero-order valence-electron chi connectivity index (χ0n) is 9.79. The summed E-state index contributed by atoms with van der Waals surface area (Å²) in [6, 6.07) is 4.33. The molecule has 0 spiro atoms. The zero-order valence-corrected chi connectivity index (χ0v) is 10.5. The largest absolute Gasteiger partial charge is 0.506 e. The van der Waals surface area contributed by atoms with Gasteiger partial charge in [0.15, 0.2) is 0 Å². The number of phenolic OH excluding ortho intramolecular Hbond substituents is 1. The molecule has 0 fully saturated rings. The minimum atomic E-state index is -0.357. The van der Waals surface area contributed by atoms with Gasteiger partial charge in [-0.05, 0) is 18.6 Å². The van der Waals surface area contributed by atoms with E-state index < -0.39 is 0 Å². The fourth-order valence-corrected chi connectivity index (χ4v) is 1.59. The quantitative estimate of drug-likeness (QED) is 0.559. The van der Waals surface area contributed by atoms with Crippen LogP contribution in [-0.4, -0.2) is 17.7 Å². The van der Waals surface area contributed by atoms with Crippen LogP contribution < -0.4 is 10.6 Å². The zero-order chi connectivity index (χ0) is 12.7. The summed E-state index contributed by atoms with van der Waals surface area (Å²) in [5.41, 5.74) is 0.238. The van der Waals surface area contributed by atoms with Gasteiger partial charge in [-0.3, -0.25) is 0 Å². The van der Waals surface area contributed by atoms with Gasteiger partial charge in [-0.2, -0.15) is 0 Å². The average Bonchev–Trinajstić information content (AvgIpc) is 2.30. The molecule has 0 heterocycles. The third kappa shape index (κ3) is 4.53. The lowest BCUT2D eigenvalue weighted by Gasteiger charge is -2.10. The summed E-state index contributed by atoms with van der Waals surface area (Å²) in [7, 11) is 0. The summed E-state index contributed by atoms with van der Waals surface area (Å²) in [6.45, 7) is 2.72. The molecule has 0 unspecified atom stereocenters. The normalized spacial score (nSPS) is 10.0. The molecular weight excluding hydrogens is 240 g/mol. The number of anilines is 1. The second kappa shape index (κ2) is 7.01. The number of hydrogen-bond donors (Lipinski definition) is 3. The van der Waals surface area contributed by atoms with Gasteiger partial charge in [0.25, 0.3) is 0 Å². The predicted molar refractivity (Wildman–Crippen MR) is 69.7 cm³/mol. The molecule has 0 saturated heterocycles. The Balaban J connectivity index is 2.45. The molecule has 5 heteroatoms. The second-order valence-corrected chi connectivity index (χ2v) is 4.13. The molecule has 2 amide bonds. The van der Waals surface area contributed by atoms with Crippen molar-refractivity contribution in [2.24, 2.45) is 0 Å². The number of carbonyl (C=O) groups excluding carboxylic acids is 1. The molecule has 0 atom stereocenters. The van der Waals surface area contributed by atoms with Gasteiger partial charge in [-0.25, -0.2) is 4.79 Å². The molecule has 0 aromatic heterocycles. The van der Waals surface area contributed by atoms with Gasteiger partial charge >= 0.3 is 6.03 Å². The number of urea groups is 1. The van der Waals surface area contributed by atoms with E-state index in [1.54, 1.807) is 12.1 Å². The van der Waals surface area contributed by atoms with E-state index in [0.29, 0.717) is 11.6 Å². The molecule has 1 rings (SSSR count). The van der Waals surface area contributed by atoms with Crippen LogP contribution in [0.5, 0.6) is 5.75 Å². The highest BCUT2D eigenvalue weighted by Gasteiger charge is 2.08. The van der Waals surface area contributed by atoms with Crippen molar-refractivity contribution in [1.82, 2.24) is 5.32 Å². The number of nitrogens with one attached hydrogen (secondary N) is 2. The van der Waals surface area contributed by atoms with E-state index >= 15 is 0 Å². The summed E-state index contributed by atoms with van der Waals surface area (Å²) >= 11 is 5.85. The first-order valence-corrected chi connectivity index (χ1v) is 6.05. The third-order valence-corrected chi connectivity index (χ3v) is 2.61. The first-order chi connectivity index (χ1) is 8.15. The van der Waals surface area contributed by atoms with Crippen LogP contribution in [0.2, 0.25) is 5.02 Å². The molecule has 0 bridgehead atoms. The maximum absolute atomic E-state index is 11.5. The number of phenols is 1. The van der Waals surface area contributed by atoms with E-state index in [1.807, 2.05) is 0 Å². The molecule has 3 N–H and O–H groups in total. The topological polar surface area (TPSA) is 61.4 Å². The first-order valence-electron chi connectivity index (χ1n) is 5.67. The lowest BCUT2D eigenvalue weighted by Crippen LogP contribution is -2.29. The number of unbranched alkanes of at least 4 members (excludes halogenated alkanes) is 2. The number of halogens is 1. The lowest BCUT2D eigenvalue weighted by atomic mass is 10.2. The Bertz CT molecular complexity index is 363. The maximum Gasteiger partial charge on any atom is 0.319 e. The van der Waals surface area contributed by atoms with Crippen LogP contribution in [0, 0.1) is 0 Å². The first kappa shape index (κ1) is 13.6. The van der Waals surface area contributed by atoms with Gasteiger partial charge in [0.1, 0.15) is 11.4 Å². The van der Waals surface area contributed by atoms with Crippen molar-refractivity contribution in [2.75, 3.05) is 11.9 Å². The van der Waals surface area contributed by atoms with Crippen molar-refractivity contribution >= 4 is 23.3 Å². The number of amides is 2. The Morgan fingerprint density at radius 1 is 1.41 bits per heavy atom. The van der Waals surface area contributed by atoms with Crippen LogP contribution >= 0.6 is 11.6 Å². The Morgan fingerprint density at radius 3 is 2.82 bits per heavy atom. The molecule has 0 saturated carbocycles. The molecule has 0 aliphatic rings. The minimum absolute atomic E-state index is 0.0405. The summed E-state index contributed by atoms with van der Waals surface area (Å²) in [4.78, 5) is 11.5. The molecule has 0 radical (unpaired) electrons. The standard InChI is InChI=1S/C12H17ClN2O2/c1-2-3-4-8-14-12(17)15-11-9(13)6-5-7-10(11)16/h5-7,16H,2-4,8H2,1H3,(H2,14,15,17). The second-order valence-electron chi connectivity index (χ2n) is 3.72. The minimum Gasteiger partial charge on any atom is -0.506 e. The average molecular weight is 257 g/mol. The number of benzene rings is 1. The van der Waals surface area contributed by atoms with Crippen LogP contribution in [0.1, 0.15) is 26.2 Å². The van der Waals surface area contributed by atoms with Crippen molar-refractivity contribution in [3.05, 3.63) is 23.2 Å². The maximum atomic E-state index is 11.5. The molecule has 0 aliphatic heterocycles. The summed E-state index contributed by atoms with van der Waals surface area (Å²) in [6.07, 6.45) is 3.13. The smallest absolute Gasteiger partial charge is 0.319 e. The van der Waals surface area contributed by atoms with Crippen molar-refractivity contribution in [2.45, 2.75) is 26.2 Å². The van der Waals surface area contributed by atoms with E-state index in [2.05, 4.69) is 17.6 Å². The number of para-hydroxylation sites is 1. The highest BCUT2D eigenvalue weighted by atomic mass is 35.5. The molecule has 4 nitrogen and oxygen atoms in total. The summed E-state index contributed by atoms with van der Waals surface area (Å²) in [5, 5.41) is 15.1. The fraction of sp³-hybridized carbons (Fsp3) is 0.417. The van der Waals surface area contributed by atoms with Crippen LogP contribution in [0.15, 0.2) is 18.2 Å². The Hall–Kier alpha value is -1.42. The van der Waals surface area contributed by atoms with Crippen molar-refractivity contribution in [3.8, 4) is 5.75 Å².